The normalized spacial score (nSPS) is 27.7. The second-order valence-corrected chi connectivity index (χ2v) is 10.7. The van der Waals surface area contributed by atoms with Gasteiger partial charge in [0, 0.05) is 35.6 Å². The third kappa shape index (κ3) is 3.60. The number of rotatable bonds is 6. The van der Waals surface area contributed by atoms with Crippen molar-refractivity contribution in [3.63, 3.8) is 0 Å². The van der Waals surface area contributed by atoms with E-state index in [1.807, 2.05) is 24.3 Å². The Labute approximate surface area is 219 Å². The number of phenolic OH excluding ortho intramolecular Hbond substituents is 1. The molecular weight excluding hydrogens is 486 g/mol. The molecule has 38 heavy (non-hydrogen) atoms. The van der Waals surface area contributed by atoms with Crippen LogP contribution in [0, 0.1) is 11.8 Å². The van der Waals surface area contributed by atoms with E-state index in [-0.39, 0.29) is 29.9 Å². The lowest BCUT2D eigenvalue weighted by Crippen LogP contribution is -2.58. The number of carbonyl (C=O) groups excluding carboxylic acids is 2. The Bertz CT molecular complexity index is 1430. The van der Waals surface area contributed by atoms with Gasteiger partial charge in [0.2, 0.25) is 11.8 Å². The quantitative estimate of drug-likeness (QED) is 0.368. The number of nitrogens with zero attached hydrogens (tertiary/aromatic N) is 1. The van der Waals surface area contributed by atoms with Crippen LogP contribution in [0.4, 0.5) is 0 Å². The molecule has 1 saturated carbocycles. The number of carbonyl (C=O) groups is 3. The van der Waals surface area contributed by atoms with Gasteiger partial charge in [-0.25, -0.2) is 0 Å². The molecule has 2 aromatic carbocycles. The van der Waals surface area contributed by atoms with Gasteiger partial charge in [0.1, 0.15) is 5.54 Å². The molecule has 0 radical (unpaired) electrons. The van der Waals surface area contributed by atoms with Crippen molar-refractivity contribution in [2.45, 2.75) is 56.1 Å². The van der Waals surface area contributed by atoms with Crippen molar-refractivity contribution in [1.82, 2.24) is 15.2 Å². The zero-order valence-electron chi connectivity index (χ0n) is 21.1. The fourth-order valence-corrected chi connectivity index (χ4v) is 6.91. The van der Waals surface area contributed by atoms with Crippen LogP contribution in [0.1, 0.15) is 49.3 Å². The second kappa shape index (κ2) is 9.16. The number of aromatic amines is 1. The summed E-state index contributed by atoms with van der Waals surface area (Å²) in [6.45, 7) is 0. The largest absolute Gasteiger partial charge is 0.504 e. The van der Waals surface area contributed by atoms with Crippen LogP contribution in [-0.2, 0) is 20.8 Å². The van der Waals surface area contributed by atoms with Crippen LogP contribution in [0.2, 0.25) is 0 Å². The van der Waals surface area contributed by atoms with Crippen LogP contribution in [-0.4, -0.2) is 56.6 Å². The van der Waals surface area contributed by atoms with Crippen LogP contribution < -0.4 is 10.1 Å². The Hall–Kier alpha value is -3.85. The Morgan fingerprint density at radius 1 is 1.11 bits per heavy atom. The molecule has 4 atom stereocenters. The third-order valence-electron chi connectivity index (χ3n) is 8.72. The average Bonchev–Trinajstić information content (AvgIpc) is 3.57. The van der Waals surface area contributed by atoms with E-state index >= 15 is 0 Å². The van der Waals surface area contributed by atoms with Crippen molar-refractivity contribution in [2.24, 2.45) is 11.8 Å². The summed E-state index contributed by atoms with van der Waals surface area (Å²) in [5, 5.41) is 25.1. The molecule has 0 spiro atoms. The number of H-pyrrole nitrogens is 1. The number of methoxy groups -OCH3 is 1. The van der Waals surface area contributed by atoms with Crippen LogP contribution in [0.15, 0.2) is 48.7 Å². The molecule has 6 rings (SSSR count). The Morgan fingerprint density at radius 2 is 1.87 bits per heavy atom. The molecule has 9 nitrogen and oxygen atoms in total. The Morgan fingerprint density at radius 3 is 2.61 bits per heavy atom. The number of aromatic nitrogens is 1. The van der Waals surface area contributed by atoms with Crippen LogP contribution in [0.3, 0.4) is 0 Å². The number of imide groups is 1. The standard InChI is InChI=1S/C29H31N3O6/c1-38-22-13-16(11-12-21(22)33)25-23-24(27(35)32(26(23)34)18-7-3-2-4-8-18)29(31-25,28(36)37)14-17-15-30-20-10-6-5-9-19(17)20/h5-6,9-13,15,18,23-25,30-31,33H,2-4,7-8,14H2,1H3,(H,36,37). The number of amides is 2. The van der Waals surface area contributed by atoms with Gasteiger partial charge in [-0.2, -0.15) is 0 Å². The Balaban J connectivity index is 1.48. The number of aromatic hydroxyl groups is 1. The summed E-state index contributed by atoms with van der Waals surface area (Å²) in [5.41, 5.74) is 0.509. The van der Waals surface area contributed by atoms with Crippen LogP contribution in [0.25, 0.3) is 10.9 Å². The predicted octanol–water partition coefficient (Wildman–Crippen LogP) is 3.53. The first-order valence-electron chi connectivity index (χ1n) is 13.2. The van der Waals surface area contributed by atoms with E-state index in [0.29, 0.717) is 5.56 Å². The summed E-state index contributed by atoms with van der Waals surface area (Å²) in [6, 6.07) is 11.4. The van der Waals surface area contributed by atoms with Crippen molar-refractivity contribution < 1.29 is 29.3 Å². The highest BCUT2D eigenvalue weighted by Crippen LogP contribution is 2.52. The van der Waals surface area contributed by atoms with Crippen molar-refractivity contribution in [2.75, 3.05) is 7.11 Å². The molecule has 2 amide bonds. The summed E-state index contributed by atoms with van der Waals surface area (Å²) < 4.78 is 5.29. The zero-order chi connectivity index (χ0) is 26.6. The fourth-order valence-electron chi connectivity index (χ4n) is 6.91. The number of phenols is 1. The number of para-hydroxylation sites is 1. The molecule has 0 bridgehead atoms. The number of benzene rings is 2. The number of carboxylic acids is 1. The number of ether oxygens (including phenoxy) is 1. The average molecular weight is 518 g/mol. The maximum absolute atomic E-state index is 14.1. The van der Waals surface area contributed by atoms with Crippen molar-refractivity contribution in [3.8, 4) is 11.5 Å². The van der Waals surface area contributed by atoms with E-state index in [0.717, 1.165) is 48.6 Å². The highest BCUT2D eigenvalue weighted by Gasteiger charge is 2.69. The van der Waals surface area contributed by atoms with Gasteiger partial charge in [-0.05, 0) is 42.2 Å². The first-order valence-corrected chi connectivity index (χ1v) is 13.2. The number of carboxylic acid groups (broad SMARTS) is 1. The summed E-state index contributed by atoms with van der Waals surface area (Å²) >= 11 is 0. The smallest absolute Gasteiger partial charge is 0.325 e. The van der Waals surface area contributed by atoms with Crippen molar-refractivity contribution in [1.29, 1.82) is 0 Å². The topological polar surface area (TPSA) is 132 Å². The SMILES string of the molecule is COc1cc(C2NC(Cc3c[nH]c4ccccc34)(C(=O)O)C3C(=O)N(C4CCCCC4)C(=O)C23)ccc1O. The second-order valence-electron chi connectivity index (χ2n) is 10.7. The minimum atomic E-state index is -1.71. The lowest BCUT2D eigenvalue weighted by Gasteiger charge is -2.34. The fraction of sp³-hybridized carbons (Fsp3) is 0.414. The lowest BCUT2D eigenvalue weighted by molar-refractivity contribution is -0.152. The maximum Gasteiger partial charge on any atom is 0.325 e. The molecule has 4 unspecified atom stereocenters. The van der Waals surface area contributed by atoms with Gasteiger partial charge in [-0.15, -0.1) is 0 Å². The zero-order valence-corrected chi connectivity index (χ0v) is 21.1. The minimum Gasteiger partial charge on any atom is -0.504 e. The molecule has 1 aliphatic carbocycles. The number of fused-ring (bicyclic) bond motifs is 2. The van der Waals surface area contributed by atoms with Gasteiger partial charge in [-0.3, -0.25) is 24.6 Å². The van der Waals surface area contributed by atoms with Crippen LogP contribution >= 0.6 is 0 Å². The van der Waals surface area contributed by atoms with Gasteiger partial charge in [0.15, 0.2) is 11.5 Å². The van der Waals surface area contributed by atoms with Gasteiger partial charge < -0.3 is 19.9 Å². The Kier molecular flexibility index (Phi) is 5.90. The molecule has 1 aromatic heterocycles. The van der Waals surface area contributed by atoms with E-state index in [9.17, 15) is 24.6 Å². The molecule has 3 fully saturated rings. The van der Waals surface area contributed by atoms with Gasteiger partial charge in [0.05, 0.1) is 18.9 Å². The molecule has 9 heteroatoms. The van der Waals surface area contributed by atoms with E-state index < -0.39 is 35.3 Å². The third-order valence-corrected chi connectivity index (χ3v) is 8.72. The van der Waals surface area contributed by atoms with E-state index in [1.54, 1.807) is 18.3 Å². The monoisotopic (exact) mass is 517 g/mol. The molecule has 3 aromatic rings. The number of hydrogen-bond donors (Lipinski definition) is 4. The first kappa shape index (κ1) is 24.5. The number of aliphatic carboxylic acids is 1. The van der Waals surface area contributed by atoms with Gasteiger partial charge >= 0.3 is 5.97 Å². The first-order chi connectivity index (χ1) is 18.4. The molecule has 4 N–H and O–H groups in total. The van der Waals surface area contributed by atoms with Crippen molar-refractivity contribution in [3.05, 3.63) is 59.8 Å². The molecule has 198 valence electrons. The minimum absolute atomic E-state index is 0.0246. The summed E-state index contributed by atoms with van der Waals surface area (Å²) in [7, 11) is 1.43. The highest BCUT2D eigenvalue weighted by atomic mass is 16.5. The lowest BCUT2D eigenvalue weighted by atomic mass is 9.76. The molecule has 2 aliphatic heterocycles. The van der Waals surface area contributed by atoms with Crippen molar-refractivity contribution >= 4 is 28.7 Å². The molecule has 3 aliphatic rings. The number of nitrogens with one attached hydrogen (secondary N) is 2. The summed E-state index contributed by atoms with van der Waals surface area (Å²) in [5.74, 6) is -3.71. The highest BCUT2D eigenvalue weighted by molar-refractivity contribution is 6.10. The van der Waals surface area contributed by atoms with Crippen LogP contribution in [0.5, 0.6) is 11.5 Å². The molecule has 2 saturated heterocycles. The van der Waals surface area contributed by atoms with Gasteiger partial charge in [0.25, 0.3) is 0 Å². The van der Waals surface area contributed by atoms with E-state index in [4.69, 9.17) is 4.74 Å². The summed E-state index contributed by atoms with van der Waals surface area (Å²) in [6.07, 6.45) is 6.23. The van der Waals surface area contributed by atoms with E-state index in [1.165, 1.54) is 18.1 Å². The van der Waals surface area contributed by atoms with E-state index in [2.05, 4.69) is 10.3 Å². The predicted molar refractivity (Wildman–Crippen MR) is 139 cm³/mol. The van der Waals surface area contributed by atoms with Gasteiger partial charge in [-0.1, -0.05) is 43.5 Å². The molecule has 3 heterocycles. The molecular formula is C29H31N3O6. The number of likely N-dealkylation sites (tertiary alicyclic amines) is 1. The number of hydrogen-bond acceptors (Lipinski definition) is 6. The maximum atomic E-state index is 14.1. The summed E-state index contributed by atoms with van der Waals surface area (Å²) in [4.78, 5) is 45.9.